The highest BCUT2D eigenvalue weighted by atomic mass is 16.5. The van der Waals surface area contributed by atoms with Crippen LogP contribution in [0.25, 0.3) is 5.69 Å². The van der Waals surface area contributed by atoms with Gasteiger partial charge in [0.25, 0.3) is 5.91 Å². The van der Waals surface area contributed by atoms with Gasteiger partial charge in [0.05, 0.1) is 30.3 Å². The molecule has 1 N–H and O–H groups in total. The highest BCUT2D eigenvalue weighted by Crippen LogP contribution is 2.24. The van der Waals surface area contributed by atoms with Crippen molar-refractivity contribution in [1.29, 1.82) is 0 Å². The maximum absolute atomic E-state index is 12.9. The first kappa shape index (κ1) is 19.7. The van der Waals surface area contributed by atoms with E-state index in [1.807, 2.05) is 54.1 Å². The molecule has 0 spiro atoms. The number of methoxy groups -OCH3 is 1. The maximum Gasteiger partial charge on any atom is 0.255 e. The molecule has 28 heavy (non-hydrogen) atoms. The van der Waals surface area contributed by atoms with Gasteiger partial charge in [-0.15, -0.1) is 0 Å². The number of ether oxygens (including phenoxy) is 1. The minimum atomic E-state index is -0.124. The quantitative estimate of drug-likeness (QED) is 0.685. The molecule has 0 fully saturated rings. The molecule has 3 rings (SSSR count). The topological polar surface area (TPSA) is 56.1 Å². The van der Waals surface area contributed by atoms with Crippen molar-refractivity contribution < 1.29 is 9.53 Å². The number of hydrogen-bond donors (Lipinski definition) is 1. The lowest BCUT2D eigenvalue weighted by molar-refractivity contribution is 0.0949. The Balaban J connectivity index is 1.83. The molecule has 0 unspecified atom stereocenters. The predicted molar refractivity (Wildman–Crippen MR) is 111 cm³/mol. The van der Waals surface area contributed by atoms with Crippen molar-refractivity contribution in [3.63, 3.8) is 0 Å². The fourth-order valence-electron chi connectivity index (χ4n) is 3.23. The molecule has 2 aromatic carbocycles. The van der Waals surface area contributed by atoms with Gasteiger partial charge in [-0.25, -0.2) is 4.68 Å². The van der Waals surface area contributed by atoms with E-state index in [2.05, 4.69) is 31.2 Å². The average Bonchev–Trinajstić information content (AvgIpc) is 3.13. The molecule has 5 heteroatoms. The van der Waals surface area contributed by atoms with Crippen LogP contribution in [0.2, 0.25) is 0 Å². The van der Waals surface area contributed by atoms with Crippen molar-refractivity contribution in [3.05, 3.63) is 76.6 Å². The maximum atomic E-state index is 12.9. The van der Waals surface area contributed by atoms with Gasteiger partial charge < -0.3 is 10.1 Å². The Morgan fingerprint density at radius 2 is 1.86 bits per heavy atom. The van der Waals surface area contributed by atoms with Crippen molar-refractivity contribution in [1.82, 2.24) is 15.1 Å². The van der Waals surface area contributed by atoms with E-state index in [-0.39, 0.29) is 11.8 Å². The van der Waals surface area contributed by atoms with E-state index in [9.17, 15) is 4.79 Å². The van der Waals surface area contributed by atoms with Crippen molar-refractivity contribution in [2.75, 3.05) is 7.11 Å². The molecule has 3 aromatic rings. The molecule has 0 saturated heterocycles. The van der Waals surface area contributed by atoms with Crippen molar-refractivity contribution in [2.45, 2.75) is 40.2 Å². The van der Waals surface area contributed by atoms with Crippen LogP contribution in [-0.2, 0) is 6.54 Å². The van der Waals surface area contributed by atoms with Crippen LogP contribution < -0.4 is 10.1 Å². The highest BCUT2D eigenvalue weighted by Gasteiger charge is 2.20. The number of carbonyl (C=O) groups excluding carboxylic acids is 1. The SMILES string of the molecule is COc1cc(CNC(=O)c2cnn(-c3ccc(C)cc3)c2C(C)C)ccc1C. The second-order valence-electron chi connectivity index (χ2n) is 7.33. The van der Waals surface area contributed by atoms with E-state index in [0.29, 0.717) is 12.1 Å². The lowest BCUT2D eigenvalue weighted by Gasteiger charge is -2.13. The van der Waals surface area contributed by atoms with Crippen LogP contribution in [0.15, 0.2) is 48.7 Å². The summed E-state index contributed by atoms with van der Waals surface area (Å²) in [6.07, 6.45) is 1.65. The fraction of sp³-hybridized carbons (Fsp3) is 0.304. The molecule has 1 aromatic heterocycles. The molecule has 0 radical (unpaired) electrons. The number of benzene rings is 2. The molecule has 0 atom stereocenters. The molecule has 146 valence electrons. The summed E-state index contributed by atoms with van der Waals surface area (Å²) in [5.41, 5.74) is 5.72. The number of nitrogens with zero attached hydrogens (tertiary/aromatic N) is 2. The third-order valence-electron chi connectivity index (χ3n) is 4.80. The third kappa shape index (κ3) is 4.09. The van der Waals surface area contributed by atoms with Crippen LogP contribution in [0.4, 0.5) is 0 Å². The highest BCUT2D eigenvalue weighted by molar-refractivity contribution is 5.95. The van der Waals surface area contributed by atoms with E-state index < -0.39 is 0 Å². The molecule has 0 bridgehead atoms. The first-order valence-corrected chi connectivity index (χ1v) is 9.47. The Labute approximate surface area is 166 Å². The van der Waals surface area contributed by atoms with E-state index in [1.165, 1.54) is 5.56 Å². The molecule has 0 aliphatic heterocycles. The number of aryl methyl sites for hydroxylation is 2. The standard InChI is InChI=1S/C23H27N3O2/c1-15(2)22-20(14-25-26(22)19-10-6-16(3)7-11-19)23(27)24-13-18-9-8-17(4)21(12-18)28-5/h6-12,14-15H,13H2,1-5H3,(H,24,27). The van der Waals surface area contributed by atoms with Crippen LogP contribution in [0.3, 0.4) is 0 Å². The number of amides is 1. The van der Waals surface area contributed by atoms with E-state index in [0.717, 1.165) is 28.3 Å². The van der Waals surface area contributed by atoms with Crippen LogP contribution in [-0.4, -0.2) is 22.8 Å². The Bertz CT molecular complexity index is 972. The van der Waals surface area contributed by atoms with Gasteiger partial charge in [0.1, 0.15) is 5.75 Å². The number of hydrogen-bond acceptors (Lipinski definition) is 3. The summed E-state index contributed by atoms with van der Waals surface area (Å²) in [5.74, 6) is 0.854. The largest absolute Gasteiger partial charge is 0.496 e. The lowest BCUT2D eigenvalue weighted by atomic mass is 10.0. The molecular weight excluding hydrogens is 350 g/mol. The second kappa shape index (κ2) is 8.30. The summed E-state index contributed by atoms with van der Waals surface area (Å²) >= 11 is 0. The first-order chi connectivity index (χ1) is 13.4. The van der Waals surface area contributed by atoms with Crippen LogP contribution >= 0.6 is 0 Å². The van der Waals surface area contributed by atoms with E-state index >= 15 is 0 Å². The van der Waals surface area contributed by atoms with Gasteiger partial charge in [0.2, 0.25) is 0 Å². The number of aromatic nitrogens is 2. The van der Waals surface area contributed by atoms with E-state index in [1.54, 1.807) is 13.3 Å². The summed E-state index contributed by atoms with van der Waals surface area (Å²) in [6.45, 7) is 8.63. The third-order valence-corrected chi connectivity index (χ3v) is 4.80. The predicted octanol–water partition coefficient (Wildman–Crippen LogP) is 4.55. The second-order valence-corrected chi connectivity index (χ2v) is 7.33. The smallest absolute Gasteiger partial charge is 0.255 e. The summed E-state index contributed by atoms with van der Waals surface area (Å²) in [4.78, 5) is 12.9. The Kier molecular flexibility index (Phi) is 5.83. The van der Waals surface area contributed by atoms with Crippen molar-refractivity contribution >= 4 is 5.91 Å². The Morgan fingerprint density at radius 1 is 1.14 bits per heavy atom. The van der Waals surface area contributed by atoms with Gasteiger partial charge in [-0.3, -0.25) is 4.79 Å². The summed E-state index contributed by atoms with van der Waals surface area (Å²) in [5, 5.41) is 7.50. The number of rotatable bonds is 6. The monoisotopic (exact) mass is 377 g/mol. The summed E-state index contributed by atoms with van der Waals surface area (Å²) in [6, 6.07) is 14.1. The first-order valence-electron chi connectivity index (χ1n) is 9.47. The summed E-state index contributed by atoms with van der Waals surface area (Å²) < 4.78 is 7.22. The lowest BCUT2D eigenvalue weighted by Crippen LogP contribution is -2.24. The minimum Gasteiger partial charge on any atom is -0.496 e. The average molecular weight is 377 g/mol. The van der Waals surface area contributed by atoms with Crippen molar-refractivity contribution in [2.24, 2.45) is 0 Å². The molecular formula is C23H27N3O2. The summed E-state index contributed by atoms with van der Waals surface area (Å²) in [7, 11) is 1.65. The van der Waals surface area contributed by atoms with Gasteiger partial charge in [0, 0.05) is 6.54 Å². The fourth-order valence-corrected chi connectivity index (χ4v) is 3.23. The molecule has 5 nitrogen and oxygen atoms in total. The Morgan fingerprint density at radius 3 is 2.50 bits per heavy atom. The van der Waals surface area contributed by atoms with Crippen LogP contribution in [0, 0.1) is 13.8 Å². The van der Waals surface area contributed by atoms with Crippen LogP contribution in [0.1, 0.15) is 52.5 Å². The molecule has 0 aliphatic carbocycles. The zero-order valence-corrected chi connectivity index (χ0v) is 17.1. The molecule has 1 amide bonds. The Hall–Kier alpha value is -3.08. The molecule has 1 heterocycles. The van der Waals surface area contributed by atoms with Gasteiger partial charge in [0.15, 0.2) is 0 Å². The number of nitrogens with one attached hydrogen (secondary N) is 1. The zero-order valence-electron chi connectivity index (χ0n) is 17.1. The minimum absolute atomic E-state index is 0.124. The van der Waals surface area contributed by atoms with Crippen molar-refractivity contribution in [3.8, 4) is 11.4 Å². The van der Waals surface area contributed by atoms with Gasteiger partial charge in [-0.1, -0.05) is 43.7 Å². The molecule has 0 saturated carbocycles. The van der Waals surface area contributed by atoms with Gasteiger partial charge in [-0.2, -0.15) is 5.10 Å². The zero-order chi connectivity index (χ0) is 20.3. The molecule has 0 aliphatic rings. The van der Waals surface area contributed by atoms with Crippen LogP contribution in [0.5, 0.6) is 5.75 Å². The normalized spacial score (nSPS) is 10.9. The number of carbonyl (C=O) groups is 1. The van der Waals surface area contributed by atoms with Gasteiger partial charge in [-0.05, 0) is 49.1 Å². The van der Waals surface area contributed by atoms with Gasteiger partial charge >= 0.3 is 0 Å². The van der Waals surface area contributed by atoms with E-state index in [4.69, 9.17) is 4.74 Å².